The van der Waals surface area contributed by atoms with Crippen LogP contribution < -0.4 is 11.1 Å². The number of rotatable bonds is 2. The lowest BCUT2D eigenvalue weighted by molar-refractivity contribution is 1.43. The Morgan fingerprint density at radius 1 is 1.00 bits per heavy atom. The van der Waals surface area contributed by atoms with Gasteiger partial charge in [-0.3, -0.25) is 0 Å². The molecule has 0 aliphatic rings. The number of nitrogens with one attached hydrogen (secondary N) is 1. The van der Waals surface area contributed by atoms with Crippen molar-refractivity contribution < 1.29 is 0 Å². The van der Waals surface area contributed by atoms with Crippen LogP contribution in [0.3, 0.4) is 0 Å². The van der Waals surface area contributed by atoms with E-state index in [-0.39, 0.29) is 0 Å². The van der Waals surface area contributed by atoms with Crippen LogP contribution >= 0.6 is 31.9 Å². The first kappa shape index (κ1) is 12.5. The SMILES string of the molecule is Cc1cc(Br)cc(Nc2cc(Br)ccc2N)c1. The van der Waals surface area contributed by atoms with E-state index in [4.69, 9.17) is 5.73 Å². The number of hydrogen-bond acceptors (Lipinski definition) is 2. The molecule has 2 rings (SSSR count). The quantitative estimate of drug-likeness (QED) is 0.756. The summed E-state index contributed by atoms with van der Waals surface area (Å²) in [6.45, 7) is 2.06. The third-order valence-corrected chi connectivity index (χ3v) is 3.29. The van der Waals surface area contributed by atoms with E-state index in [9.17, 15) is 0 Å². The molecule has 0 bridgehead atoms. The summed E-state index contributed by atoms with van der Waals surface area (Å²) >= 11 is 6.91. The highest BCUT2D eigenvalue weighted by atomic mass is 79.9. The van der Waals surface area contributed by atoms with Gasteiger partial charge in [0, 0.05) is 14.6 Å². The maximum Gasteiger partial charge on any atom is 0.0629 e. The lowest BCUT2D eigenvalue weighted by atomic mass is 10.2. The van der Waals surface area contributed by atoms with E-state index in [1.54, 1.807) is 0 Å². The lowest BCUT2D eigenvalue weighted by Gasteiger charge is -2.11. The van der Waals surface area contributed by atoms with Crippen molar-refractivity contribution in [1.82, 2.24) is 0 Å². The summed E-state index contributed by atoms with van der Waals surface area (Å²) in [5, 5.41) is 3.31. The molecule has 3 N–H and O–H groups in total. The van der Waals surface area contributed by atoms with Crippen LogP contribution in [0.4, 0.5) is 17.1 Å². The molecule has 4 heteroatoms. The van der Waals surface area contributed by atoms with Gasteiger partial charge in [0.15, 0.2) is 0 Å². The van der Waals surface area contributed by atoms with E-state index in [0.717, 1.165) is 26.0 Å². The van der Waals surface area contributed by atoms with E-state index in [2.05, 4.69) is 56.2 Å². The van der Waals surface area contributed by atoms with Crippen LogP contribution in [0.25, 0.3) is 0 Å². The highest BCUT2D eigenvalue weighted by Crippen LogP contribution is 2.28. The third-order valence-electron chi connectivity index (χ3n) is 2.34. The molecule has 0 saturated heterocycles. The smallest absolute Gasteiger partial charge is 0.0629 e. The van der Waals surface area contributed by atoms with Crippen LogP contribution in [0.1, 0.15) is 5.56 Å². The zero-order chi connectivity index (χ0) is 12.4. The molecule has 2 nitrogen and oxygen atoms in total. The summed E-state index contributed by atoms with van der Waals surface area (Å²) in [5.74, 6) is 0. The molecular formula is C13H12Br2N2. The van der Waals surface area contributed by atoms with Gasteiger partial charge >= 0.3 is 0 Å². The molecule has 0 radical (unpaired) electrons. The first-order valence-electron chi connectivity index (χ1n) is 5.14. The highest BCUT2D eigenvalue weighted by Gasteiger charge is 2.02. The Labute approximate surface area is 117 Å². The molecule has 0 atom stereocenters. The Bertz CT molecular complexity index is 533. The largest absolute Gasteiger partial charge is 0.397 e. The summed E-state index contributed by atoms with van der Waals surface area (Å²) in [4.78, 5) is 0. The van der Waals surface area contributed by atoms with E-state index in [1.807, 2.05) is 24.3 Å². The normalized spacial score (nSPS) is 10.3. The zero-order valence-electron chi connectivity index (χ0n) is 9.30. The van der Waals surface area contributed by atoms with Gasteiger partial charge < -0.3 is 11.1 Å². The van der Waals surface area contributed by atoms with Gasteiger partial charge in [0.2, 0.25) is 0 Å². The average Bonchev–Trinajstić information content (AvgIpc) is 2.22. The molecular weight excluding hydrogens is 344 g/mol. The minimum Gasteiger partial charge on any atom is -0.397 e. The van der Waals surface area contributed by atoms with Crippen molar-refractivity contribution in [2.75, 3.05) is 11.1 Å². The number of halogens is 2. The Morgan fingerprint density at radius 3 is 2.47 bits per heavy atom. The molecule has 0 aliphatic heterocycles. The highest BCUT2D eigenvalue weighted by molar-refractivity contribution is 9.10. The van der Waals surface area contributed by atoms with Gasteiger partial charge in [-0.05, 0) is 48.9 Å². The first-order chi connectivity index (χ1) is 8.04. The number of anilines is 3. The molecule has 0 saturated carbocycles. The molecule has 2 aromatic rings. The molecule has 0 unspecified atom stereocenters. The Balaban J connectivity index is 2.34. The van der Waals surface area contributed by atoms with Crippen LogP contribution in [0, 0.1) is 6.92 Å². The van der Waals surface area contributed by atoms with Crippen molar-refractivity contribution in [3.63, 3.8) is 0 Å². The van der Waals surface area contributed by atoms with E-state index in [0.29, 0.717) is 0 Å². The summed E-state index contributed by atoms with van der Waals surface area (Å²) in [6.07, 6.45) is 0. The Kier molecular flexibility index (Phi) is 3.74. The van der Waals surface area contributed by atoms with Crippen molar-refractivity contribution in [2.45, 2.75) is 6.92 Å². The van der Waals surface area contributed by atoms with Gasteiger partial charge in [0.1, 0.15) is 0 Å². The Morgan fingerprint density at radius 2 is 1.76 bits per heavy atom. The van der Waals surface area contributed by atoms with E-state index < -0.39 is 0 Å². The van der Waals surface area contributed by atoms with Gasteiger partial charge in [0.05, 0.1) is 11.4 Å². The summed E-state index contributed by atoms with van der Waals surface area (Å²) in [6, 6.07) is 11.9. The molecule has 0 fully saturated rings. The second kappa shape index (κ2) is 5.10. The molecule has 0 spiro atoms. The number of hydrogen-bond donors (Lipinski definition) is 2. The van der Waals surface area contributed by atoms with E-state index >= 15 is 0 Å². The molecule has 88 valence electrons. The first-order valence-corrected chi connectivity index (χ1v) is 6.72. The molecule has 17 heavy (non-hydrogen) atoms. The second-order valence-electron chi connectivity index (χ2n) is 3.87. The number of benzene rings is 2. The van der Waals surface area contributed by atoms with Crippen molar-refractivity contribution in [2.24, 2.45) is 0 Å². The molecule has 0 amide bonds. The summed E-state index contributed by atoms with van der Waals surface area (Å²) in [5.41, 5.74) is 9.75. The molecule has 0 heterocycles. The number of nitrogen functional groups attached to an aromatic ring is 1. The fraction of sp³-hybridized carbons (Fsp3) is 0.0769. The van der Waals surface area contributed by atoms with Crippen molar-refractivity contribution >= 4 is 48.9 Å². The summed E-state index contributed by atoms with van der Waals surface area (Å²) < 4.78 is 2.05. The van der Waals surface area contributed by atoms with Crippen LogP contribution in [0.5, 0.6) is 0 Å². The van der Waals surface area contributed by atoms with Gasteiger partial charge in [-0.1, -0.05) is 31.9 Å². The maximum atomic E-state index is 5.92. The van der Waals surface area contributed by atoms with Crippen LogP contribution in [0.2, 0.25) is 0 Å². The fourth-order valence-corrected chi connectivity index (χ4v) is 2.57. The lowest BCUT2D eigenvalue weighted by Crippen LogP contribution is -1.96. The van der Waals surface area contributed by atoms with Crippen molar-refractivity contribution in [3.8, 4) is 0 Å². The van der Waals surface area contributed by atoms with Gasteiger partial charge in [-0.2, -0.15) is 0 Å². The average molecular weight is 356 g/mol. The van der Waals surface area contributed by atoms with Crippen LogP contribution in [0.15, 0.2) is 45.3 Å². The fourth-order valence-electron chi connectivity index (χ4n) is 1.60. The second-order valence-corrected chi connectivity index (χ2v) is 5.71. The van der Waals surface area contributed by atoms with Crippen LogP contribution in [-0.4, -0.2) is 0 Å². The maximum absolute atomic E-state index is 5.92. The zero-order valence-corrected chi connectivity index (χ0v) is 12.5. The number of nitrogens with two attached hydrogens (primary N) is 1. The minimum atomic E-state index is 0.728. The third kappa shape index (κ3) is 3.23. The van der Waals surface area contributed by atoms with Gasteiger partial charge in [-0.25, -0.2) is 0 Å². The summed E-state index contributed by atoms with van der Waals surface area (Å²) in [7, 11) is 0. The predicted octanol–water partition coefficient (Wildman–Crippen LogP) is 4.85. The molecule has 0 aliphatic carbocycles. The van der Waals surface area contributed by atoms with Gasteiger partial charge in [0.25, 0.3) is 0 Å². The van der Waals surface area contributed by atoms with Crippen molar-refractivity contribution in [1.29, 1.82) is 0 Å². The van der Waals surface area contributed by atoms with Crippen molar-refractivity contribution in [3.05, 3.63) is 50.9 Å². The standard InChI is InChI=1S/C13H12Br2N2/c1-8-4-10(15)6-11(5-8)17-13-7-9(14)2-3-12(13)16/h2-7,17H,16H2,1H3. The van der Waals surface area contributed by atoms with Gasteiger partial charge in [-0.15, -0.1) is 0 Å². The monoisotopic (exact) mass is 354 g/mol. The molecule has 0 aromatic heterocycles. The minimum absolute atomic E-state index is 0.728. The predicted molar refractivity (Wildman–Crippen MR) is 80.7 cm³/mol. The molecule has 2 aromatic carbocycles. The Hall–Kier alpha value is -1.00. The number of aryl methyl sites for hydroxylation is 1. The van der Waals surface area contributed by atoms with E-state index in [1.165, 1.54) is 5.56 Å². The van der Waals surface area contributed by atoms with Crippen LogP contribution in [-0.2, 0) is 0 Å². The topological polar surface area (TPSA) is 38.0 Å².